The summed E-state index contributed by atoms with van der Waals surface area (Å²) in [4.78, 5) is 16.6. The number of para-hydroxylation sites is 2. The molecule has 128 valence electrons. The van der Waals surface area contributed by atoms with E-state index in [1.54, 1.807) is 11.8 Å². The number of aliphatic imine (C=N–C) groups is 1. The first-order valence-corrected chi connectivity index (χ1v) is 9.21. The molecule has 2 aromatic carbocycles. The Morgan fingerprint density at radius 3 is 2.68 bits per heavy atom. The van der Waals surface area contributed by atoms with Gasteiger partial charge in [0.15, 0.2) is 0 Å². The highest BCUT2D eigenvalue weighted by molar-refractivity contribution is 8.13. The van der Waals surface area contributed by atoms with E-state index in [2.05, 4.69) is 17.4 Å². The van der Waals surface area contributed by atoms with Crippen molar-refractivity contribution in [2.75, 3.05) is 11.9 Å². The first-order valence-electron chi connectivity index (χ1n) is 8.22. The molecule has 0 saturated carbocycles. The number of carbonyl (C=O) groups excluding carboxylic acids is 1. The lowest BCUT2D eigenvalue weighted by Crippen LogP contribution is -2.10. The molecule has 2 aromatic rings. The lowest BCUT2D eigenvalue weighted by atomic mass is 10.2. The summed E-state index contributed by atoms with van der Waals surface area (Å²) >= 11 is 1.65. The zero-order chi connectivity index (χ0) is 17.5. The van der Waals surface area contributed by atoms with Crippen LogP contribution in [0.5, 0.6) is 0 Å². The molecule has 1 N–H and O–H groups in total. The lowest BCUT2D eigenvalue weighted by molar-refractivity contribution is -0.142. The molecule has 0 radical (unpaired) electrons. The molecule has 0 aromatic heterocycles. The second-order valence-electron chi connectivity index (χ2n) is 5.52. The summed E-state index contributed by atoms with van der Waals surface area (Å²) in [6.45, 7) is 2.19. The van der Waals surface area contributed by atoms with Crippen LogP contribution in [0.1, 0.15) is 18.9 Å². The molecule has 3 rings (SSSR count). The SMILES string of the molecule is CCOC(=O)CC1=CC(SCc2ccccc2)=Nc2ccccc2N1. The van der Waals surface area contributed by atoms with E-state index in [-0.39, 0.29) is 12.4 Å². The number of rotatable bonds is 5. The predicted molar refractivity (Wildman–Crippen MR) is 104 cm³/mol. The number of ether oxygens (including phenoxy) is 1. The average molecular weight is 352 g/mol. The number of nitrogens with zero attached hydrogens (tertiary/aromatic N) is 1. The van der Waals surface area contributed by atoms with Crippen molar-refractivity contribution in [3.8, 4) is 0 Å². The van der Waals surface area contributed by atoms with Gasteiger partial charge in [0.2, 0.25) is 0 Å². The summed E-state index contributed by atoms with van der Waals surface area (Å²) in [5, 5.41) is 4.18. The Kier molecular flexibility index (Phi) is 5.90. The predicted octanol–water partition coefficient (Wildman–Crippen LogP) is 4.91. The van der Waals surface area contributed by atoms with Crippen molar-refractivity contribution in [2.45, 2.75) is 19.1 Å². The van der Waals surface area contributed by atoms with Gasteiger partial charge in [0, 0.05) is 11.4 Å². The minimum absolute atomic E-state index is 0.201. The number of thioether (sulfide) groups is 1. The van der Waals surface area contributed by atoms with Crippen LogP contribution < -0.4 is 5.32 Å². The molecular formula is C20H20N2O2S. The Balaban J connectivity index is 1.81. The Morgan fingerprint density at radius 1 is 1.12 bits per heavy atom. The third-order valence-electron chi connectivity index (χ3n) is 3.60. The molecule has 0 aliphatic carbocycles. The normalized spacial score (nSPS) is 13.0. The Hall–Kier alpha value is -2.53. The van der Waals surface area contributed by atoms with Crippen LogP contribution in [0, 0.1) is 0 Å². The molecule has 0 atom stereocenters. The minimum Gasteiger partial charge on any atom is -0.466 e. The summed E-state index contributed by atoms with van der Waals surface area (Å²) in [5.41, 5.74) is 3.80. The van der Waals surface area contributed by atoms with E-state index < -0.39 is 0 Å². The van der Waals surface area contributed by atoms with Crippen LogP contribution in [-0.4, -0.2) is 17.6 Å². The van der Waals surface area contributed by atoms with Gasteiger partial charge in [-0.2, -0.15) is 0 Å². The summed E-state index contributed by atoms with van der Waals surface area (Å²) < 4.78 is 5.07. The zero-order valence-corrected chi connectivity index (χ0v) is 14.9. The molecular weight excluding hydrogens is 332 g/mol. The van der Waals surface area contributed by atoms with E-state index in [9.17, 15) is 4.79 Å². The third-order valence-corrected chi connectivity index (χ3v) is 4.58. The molecule has 0 unspecified atom stereocenters. The largest absolute Gasteiger partial charge is 0.466 e. The van der Waals surface area contributed by atoms with Gasteiger partial charge < -0.3 is 10.1 Å². The standard InChI is InChI=1S/C20H20N2O2S/c1-2-24-20(23)13-16-12-19(25-14-15-8-4-3-5-9-15)22-18-11-7-6-10-17(18)21-16/h3-12,21H,2,13-14H2,1H3. The van der Waals surface area contributed by atoms with Gasteiger partial charge in [0.1, 0.15) is 0 Å². The molecule has 0 bridgehead atoms. The van der Waals surface area contributed by atoms with Crippen LogP contribution in [0.25, 0.3) is 0 Å². The number of hydrogen-bond donors (Lipinski definition) is 1. The Labute approximate surface area is 152 Å². The second-order valence-corrected chi connectivity index (χ2v) is 6.51. The van der Waals surface area contributed by atoms with E-state index in [4.69, 9.17) is 9.73 Å². The van der Waals surface area contributed by atoms with Gasteiger partial charge >= 0.3 is 5.97 Å². The van der Waals surface area contributed by atoms with Crippen molar-refractivity contribution in [1.29, 1.82) is 0 Å². The smallest absolute Gasteiger partial charge is 0.311 e. The van der Waals surface area contributed by atoms with E-state index in [0.29, 0.717) is 6.61 Å². The minimum atomic E-state index is -0.243. The number of anilines is 1. The second kappa shape index (κ2) is 8.53. The maximum atomic E-state index is 11.9. The Morgan fingerprint density at radius 2 is 1.88 bits per heavy atom. The number of carbonyl (C=O) groups is 1. The number of esters is 1. The Bertz CT molecular complexity index is 800. The summed E-state index contributed by atoms with van der Waals surface area (Å²) in [5.74, 6) is 0.582. The zero-order valence-electron chi connectivity index (χ0n) is 14.1. The van der Waals surface area contributed by atoms with Crippen molar-refractivity contribution in [3.63, 3.8) is 0 Å². The highest BCUT2D eigenvalue weighted by Crippen LogP contribution is 2.31. The topological polar surface area (TPSA) is 50.7 Å². The highest BCUT2D eigenvalue weighted by Gasteiger charge is 2.14. The van der Waals surface area contributed by atoms with Gasteiger partial charge in [-0.3, -0.25) is 4.79 Å². The van der Waals surface area contributed by atoms with E-state index in [0.717, 1.165) is 27.9 Å². The van der Waals surface area contributed by atoms with Crippen LogP contribution in [0.4, 0.5) is 11.4 Å². The van der Waals surface area contributed by atoms with Crippen molar-refractivity contribution in [3.05, 3.63) is 71.9 Å². The number of fused-ring (bicyclic) bond motifs is 1. The fourth-order valence-electron chi connectivity index (χ4n) is 2.45. The van der Waals surface area contributed by atoms with Gasteiger partial charge in [-0.15, -0.1) is 11.8 Å². The van der Waals surface area contributed by atoms with E-state index in [1.165, 1.54) is 5.56 Å². The van der Waals surface area contributed by atoms with Gasteiger partial charge in [0.05, 0.1) is 29.4 Å². The summed E-state index contributed by atoms with van der Waals surface area (Å²) in [6.07, 6.45) is 2.14. The first kappa shape index (κ1) is 17.3. The maximum absolute atomic E-state index is 11.9. The molecule has 1 aliphatic heterocycles. The fraction of sp³-hybridized carbons (Fsp3) is 0.200. The molecule has 4 nitrogen and oxygen atoms in total. The summed E-state index contributed by atoms with van der Waals surface area (Å²) in [7, 11) is 0. The molecule has 25 heavy (non-hydrogen) atoms. The van der Waals surface area contributed by atoms with Crippen molar-refractivity contribution >= 4 is 34.1 Å². The first-order chi connectivity index (χ1) is 12.2. The fourth-order valence-corrected chi connectivity index (χ4v) is 3.35. The van der Waals surface area contributed by atoms with Crippen molar-refractivity contribution in [1.82, 2.24) is 0 Å². The summed E-state index contributed by atoms with van der Waals surface area (Å²) in [6, 6.07) is 18.1. The number of nitrogens with one attached hydrogen (secondary N) is 1. The van der Waals surface area contributed by atoms with Crippen LogP contribution in [0.2, 0.25) is 0 Å². The van der Waals surface area contributed by atoms with Crippen molar-refractivity contribution < 1.29 is 9.53 Å². The molecule has 0 amide bonds. The van der Waals surface area contributed by atoms with Crippen LogP contribution in [0.3, 0.4) is 0 Å². The lowest BCUT2D eigenvalue weighted by Gasteiger charge is -2.10. The van der Waals surface area contributed by atoms with Gasteiger partial charge in [0.25, 0.3) is 0 Å². The molecule has 0 saturated heterocycles. The number of hydrogen-bond acceptors (Lipinski definition) is 5. The van der Waals surface area contributed by atoms with Gasteiger partial charge in [-0.1, -0.05) is 42.5 Å². The van der Waals surface area contributed by atoms with Gasteiger partial charge in [-0.25, -0.2) is 4.99 Å². The maximum Gasteiger partial charge on any atom is 0.311 e. The molecule has 1 aliphatic rings. The van der Waals surface area contributed by atoms with E-state index >= 15 is 0 Å². The monoisotopic (exact) mass is 352 g/mol. The number of benzene rings is 2. The van der Waals surface area contributed by atoms with Crippen molar-refractivity contribution in [2.24, 2.45) is 4.99 Å². The highest BCUT2D eigenvalue weighted by atomic mass is 32.2. The molecule has 1 heterocycles. The average Bonchev–Trinajstić information content (AvgIpc) is 2.79. The molecule has 0 fully saturated rings. The molecule has 5 heteroatoms. The quantitative estimate of drug-likeness (QED) is 0.777. The molecule has 0 spiro atoms. The van der Waals surface area contributed by atoms with Crippen LogP contribution >= 0.6 is 11.8 Å². The van der Waals surface area contributed by atoms with Gasteiger partial charge in [-0.05, 0) is 30.7 Å². The van der Waals surface area contributed by atoms with E-state index in [1.807, 2.05) is 55.5 Å². The third kappa shape index (κ3) is 4.97. The van der Waals surface area contributed by atoms with Crippen LogP contribution in [0.15, 0.2) is 71.4 Å². The van der Waals surface area contributed by atoms with Crippen LogP contribution in [-0.2, 0) is 15.3 Å².